The fourth-order valence-corrected chi connectivity index (χ4v) is 2.95. The van der Waals surface area contributed by atoms with Gasteiger partial charge in [0, 0.05) is 28.5 Å². The molecule has 1 nitrogen and oxygen atoms in total. The molecule has 0 aromatic carbocycles. The molecule has 1 aromatic rings. The molecule has 0 N–H and O–H groups in total. The van der Waals surface area contributed by atoms with Crippen molar-refractivity contribution in [2.45, 2.75) is 38.5 Å². The molecule has 1 aliphatic carbocycles. The van der Waals surface area contributed by atoms with Gasteiger partial charge in [0.25, 0.3) is 0 Å². The van der Waals surface area contributed by atoms with Crippen molar-refractivity contribution in [1.29, 1.82) is 0 Å². The number of Topliss-reactive ketones (excluding diaryl/α,β-unsaturated/α-hetero) is 1. The standard InChI is InChI=1S/C11H14OS/c1-8-5-6-11(13-8)9-3-2-4-10(12)7-9/h5-6,9H,2-4,7H2,1H3. The first-order chi connectivity index (χ1) is 6.25. The van der Waals surface area contributed by atoms with Crippen LogP contribution < -0.4 is 0 Å². The quantitative estimate of drug-likeness (QED) is 0.670. The Labute approximate surface area is 82.8 Å². The van der Waals surface area contributed by atoms with Crippen LogP contribution in [0.15, 0.2) is 12.1 Å². The Morgan fingerprint density at radius 1 is 1.46 bits per heavy atom. The van der Waals surface area contributed by atoms with Gasteiger partial charge in [0.2, 0.25) is 0 Å². The van der Waals surface area contributed by atoms with E-state index in [1.165, 1.54) is 16.2 Å². The first kappa shape index (κ1) is 8.95. The summed E-state index contributed by atoms with van der Waals surface area (Å²) in [6, 6.07) is 4.34. The lowest BCUT2D eigenvalue weighted by Crippen LogP contribution is -2.12. The molecule has 1 unspecified atom stereocenters. The molecule has 2 rings (SSSR count). The number of thiophene rings is 1. The molecule has 1 heterocycles. The first-order valence-electron chi connectivity index (χ1n) is 4.84. The van der Waals surface area contributed by atoms with Gasteiger partial charge < -0.3 is 0 Å². The van der Waals surface area contributed by atoms with Crippen LogP contribution in [0.5, 0.6) is 0 Å². The predicted molar refractivity (Wildman–Crippen MR) is 55.3 cm³/mol. The summed E-state index contributed by atoms with van der Waals surface area (Å²) in [6.07, 6.45) is 3.87. The highest BCUT2D eigenvalue weighted by atomic mass is 32.1. The van der Waals surface area contributed by atoms with Gasteiger partial charge in [-0.1, -0.05) is 0 Å². The van der Waals surface area contributed by atoms with E-state index < -0.39 is 0 Å². The maximum atomic E-state index is 11.3. The van der Waals surface area contributed by atoms with Crippen LogP contribution in [-0.2, 0) is 4.79 Å². The molecule has 13 heavy (non-hydrogen) atoms. The Morgan fingerprint density at radius 3 is 2.92 bits per heavy atom. The van der Waals surface area contributed by atoms with Gasteiger partial charge in [0.05, 0.1) is 0 Å². The third-order valence-corrected chi connectivity index (χ3v) is 3.81. The summed E-state index contributed by atoms with van der Waals surface area (Å²) >= 11 is 1.84. The van der Waals surface area contributed by atoms with Crippen LogP contribution in [0.3, 0.4) is 0 Å². The van der Waals surface area contributed by atoms with E-state index in [1.54, 1.807) is 0 Å². The molecular weight excluding hydrogens is 180 g/mol. The monoisotopic (exact) mass is 194 g/mol. The lowest BCUT2D eigenvalue weighted by molar-refractivity contribution is -0.120. The molecule has 1 aliphatic rings. The second-order valence-electron chi connectivity index (χ2n) is 3.78. The molecule has 1 saturated carbocycles. The van der Waals surface area contributed by atoms with Crippen LogP contribution in [0.2, 0.25) is 0 Å². The van der Waals surface area contributed by atoms with Crippen LogP contribution in [0.25, 0.3) is 0 Å². The van der Waals surface area contributed by atoms with Crippen LogP contribution >= 0.6 is 11.3 Å². The number of carbonyl (C=O) groups is 1. The largest absolute Gasteiger partial charge is 0.300 e. The van der Waals surface area contributed by atoms with Crippen LogP contribution in [0.1, 0.15) is 41.4 Å². The molecule has 0 bridgehead atoms. The Hall–Kier alpha value is -0.630. The van der Waals surface area contributed by atoms with Gasteiger partial charge in [-0.2, -0.15) is 0 Å². The third-order valence-electron chi connectivity index (χ3n) is 2.65. The maximum Gasteiger partial charge on any atom is 0.133 e. The SMILES string of the molecule is Cc1ccc(C2CCCC(=O)C2)s1. The Morgan fingerprint density at radius 2 is 2.31 bits per heavy atom. The van der Waals surface area contributed by atoms with Crippen molar-refractivity contribution in [3.63, 3.8) is 0 Å². The smallest absolute Gasteiger partial charge is 0.133 e. The summed E-state index contributed by atoms with van der Waals surface area (Å²) in [4.78, 5) is 14.0. The summed E-state index contributed by atoms with van der Waals surface area (Å²) in [5.41, 5.74) is 0. The van der Waals surface area contributed by atoms with Gasteiger partial charge in [0.1, 0.15) is 5.78 Å². The Balaban J connectivity index is 2.12. The minimum absolute atomic E-state index is 0.447. The Kier molecular flexibility index (Phi) is 2.49. The normalized spacial score (nSPS) is 23.5. The summed E-state index contributed by atoms with van der Waals surface area (Å²) < 4.78 is 0. The minimum atomic E-state index is 0.447. The first-order valence-corrected chi connectivity index (χ1v) is 5.65. The average Bonchev–Trinajstić information content (AvgIpc) is 2.52. The topological polar surface area (TPSA) is 17.1 Å². The van der Waals surface area contributed by atoms with Crippen molar-refractivity contribution in [1.82, 2.24) is 0 Å². The van der Waals surface area contributed by atoms with E-state index >= 15 is 0 Å². The van der Waals surface area contributed by atoms with Crippen molar-refractivity contribution >= 4 is 17.1 Å². The predicted octanol–water partition coefficient (Wildman–Crippen LogP) is 3.28. The highest BCUT2D eigenvalue weighted by Gasteiger charge is 2.21. The van der Waals surface area contributed by atoms with E-state index in [9.17, 15) is 4.79 Å². The lowest BCUT2D eigenvalue weighted by atomic mass is 9.87. The van der Waals surface area contributed by atoms with Crippen LogP contribution in [0, 0.1) is 6.92 Å². The van der Waals surface area contributed by atoms with Gasteiger partial charge in [-0.05, 0) is 31.9 Å². The molecule has 1 fully saturated rings. The van der Waals surface area contributed by atoms with Crippen molar-refractivity contribution in [2.75, 3.05) is 0 Å². The highest BCUT2D eigenvalue weighted by Crippen LogP contribution is 2.34. The summed E-state index contributed by atoms with van der Waals surface area (Å²) in [5, 5.41) is 0. The summed E-state index contributed by atoms with van der Waals surface area (Å²) in [5.74, 6) is 0.974. The summed E-state index contributed by atoms with van der Waals surface area (Å²) in [7, 11) is 0. The van der Waals surface area contributed by atoms with Crippen molar-refractivity contribution in [3.05, 3.63) is 21.9 Å². The van der Waals surface area contributed by atoms with E-state index in [-0.39, 0.29) is 0 Å². The second-order valence-corrected chi connectivity index (χ2v) is 5.10. The number of ketones is 1. The molecule has 1 atom stereocenters. The molecule has 70 valence electrons. The molecule has 0 saturated heterocycles. The number of hydrogen-bond acceptors (Lipinski definition) is 2. The maximum absolute atomic E-state index is 11.3. The van der Waals surface area contributed by atoms with E-state index in [0.717, 1.165) is 19.3 Å². The zero-order chi connectivity index (χ0) is 9.26. The second kappa shape index (κ2) is 3.62. The molecule has 0 radical (unpaired) electrons. The van der Waals surface area contributed by atoms with E-state index in [1.807, 2.05) is 11.3 Å². The molecule has 2 heteroatoms. The van der Waals surface area contributed by atoms with Gasteiger partial charge in [-0.3, -0.25) is 4.79 Å². The lowest BCUT2D eigenvalue weighted by Gasteiger charge is -2.19. The molecule has 1 aromatic heterocycles. The number of aryl methyl sites for hydroxylation is 1. The average molecular weight is 194 g/mol. The molecule has 0 spiro atoms. The van der Waals surface area contributed by atoms with Crippen molar-refractivity contribution < 1.29 is 4.79 Å². The fraction of sp³-hybridized carbons (Fsp3) is 0.545. The van der Waals surface area contributed by atoms with Gasteiger partial charge >= 0.3 is 0 Å². The van der Waals surface area contributed by atoms with Crippen molar-refractivity contribution in [2.24, 2.45) is 0 Å². The van der Waals surface area contributed by atoms with Gasteiger partial charge in [0.15, 0.2) is 0 Å². The number of carbonyl (C=O) groups excluding carboxylic acids is 1. The van der Waals surface area contributed by atoms with Crippen LogP contribution in [-0.4, -0.2) is 5.78 Å². The third kappa shape index (κ3) is 1.99. The van der Waals surface area contributed by atoms with E-state index in [4.69, 9.17) is 0 Å². The van der Waals surface area contributed by atoms with E-state index in [2.05, 4.69) is 19.1 Å². The van der Waals surface area contributed by atoms with Crippen molar-refractivity contribution in [3.8, 4) is 0 Å². The molecule has 0 amide bonds. The fourth-order valence-electron chi connectivity index (χ4n) is 1.94. The number of hydrogen-bond donors (Lipinski definition) is 0. The van der Waals surface area contributed by atoms with E-state index in [0.29, 0.717) is 11.7 Å². The van der Waals surface area contributed by atoms with Crippen LogP contribution in [0.4, 0.5) is 0 Å². The van der Waals surface area contributed by atoms with Gasteiger partial charge in [-0.15, -0.1) is 11.3 Å². The highest BCUT2D eigenvalue weighted by molar-refractivity contribution is 7.12. The van der Waals surface area contributed by atoms with Gasteiger partial charge in [-0.25, -0.2) is 0 Å². The molecule has 0 aliphatic heterocycles. The zero-order valence-corrected chi connectivity index (χ0v) is 8.69. The summed E-state index contributed by atoms with van der Waals surface area (Å²) in [6.45, 7) is 2.12. The molecular formula is C11H14OS. The minimum Gasteiger partial charge on any atom is -0.300 e. The number of rotatable bonds is 1. The zero-order valence-electron chi connectivity index (χ0n) is 7.88. The Bertz CT molecular complexity index is 314.